The van der Waals surface area contributed by atoms with E-state index in [0.29, 0.717) is 36.9 Å². The topological polar surface area (TPSA) is 82.9 Å². The van der Waals surface area contributed by atoms with Gasteiger partial charge in [0.05, 0.1) is 30.6 Å². The van der Waals surface area contributed by atoms with Gasteiger partial charge in [0.1, 0.15) is 5.75 Å². The van der Waals surface area contributed by atoms with Gasteiger partial charge in [-0.2, -0.15) is 10.1 Å². The number of anilines is 2. The van der Waals surface area contributed by atoms with Crippen molar-refractivity contribution in [2.45, 2.75) is 0 Å². The lowest BCUT2D eigenvalue weighted by Gasteiger charge is -2.27. The molecule has 2 aromatic rings. The molecule has 0 bridgehead atoms. The molecule has 1 aliphatic rings. The number of aromatic nitrogens is 2. The summed E-state index contributed by atoms with van der Waals surface area (Å²) in [6.07, 6.45) is 2.39. The number of hydrogen-bond donors (Lipinski definition) is 2. The minimum absolute atomic E-state index is 0.113. The van der Waals surface area contributed by atoms with E-state index in [4.69, 9.17) is 27.9 Å². The monoisotopic (exact) mass is 385 g/mol. The van der Waals surface area contributed by atoms with Crippen LogP contribution in [0.3, 0.4) is 0 Å². The summed E-state index contributed by atoms with van der Waals surface area (Å²) in [6.45, 7) is 2.12. The molecule has 0 spiro atoms. The molecule has 0 aliphatic carbocycles. The molecule has 1 aliphatic heterocycles. The number of nitrogens with one attached hydrogen (secondary N) is 1. The fourth-order valence-corrected chi connectivity index (χ4v) is 2.76. The van der Waals surface area contributed by atoms with Crippen molar-refractivity contribution in [3.63, 3.8) is 0 Å². The molecule has 3 rings (SSSR count). The number of hydrogen-bond acceptors (Lipinski definition) is 7. The molecule has 1 aromatic heterocycles. The van der Waals surface area contributed by atoms with Crippen LogP contribution in [0, 0.1) is 5.82 Å². The predicted octanol–water partition coefficient (Wildman–Crippen LogP) is 2.91. The van der Waals surface area contributed by atoms with E-state index in [9.17, 15) is 9.50 Å². The number of phenols is 1. The molecule has 1 saturated heterocycles. The van der Waals surface area contributed by atoms with Crippen molar-refractivity contribution < 1.29 is 14.2 Å². The zero-order valence-corrected chi connectivity index (χ0v) is 14.4. The summed E-state index contributed by atoms with van der Waals surface area (Å²) in [4.78, 5) is 9.74. The van der Waals surface area contributed by atoms with Gasteiger partial charge in [-0.05, 0) is 12.1 Å². The largest absolute Gasteiger partial charge is 0.506 e. The van der Waals surface area contributed by atoms with E-state index in [0.717, 1.165) is 6.20 Å². The van der Waals surface area contributed by atoms with E-state index in [2.05, 4.69) is 20.5 Å². The molecule has 0 saturated carbocycles. The maximum atomic E-state index is 13.9. The van der Waals surface area contributed by atoms with E-state index in [-0.39, 0.29) is 22.5 Å². The van der Waals surface area contributed by atoms with Gasteiger partial charge >= 0.3 is 0 Å². The summed E-state index contributed by atoms with van der Waals surface area (Å²) < 4.78 is 19.2. The van der Waals surface area contributed by atoms with Crippen LogP contribution in [0.25, 0.3) is 0 Å². The van der Waals surface area contributed by atoms with Gasteiger partial charge < -0.3 is 14.7 Å². The Hall–Kier alpha value is -2.16. The second-order valence-electron chi connectivity index (χ2n) is 5.16. The van der Waals surface area contributed by atoms with E-state index in [1.165, 1.54) is 18.3 Å². The van der Waals surface area contributed by atoms with E-state index in [1.807, 2.05) is 0 Å². The van der Waals surface area contributed by atoms with Crippen LogP contribution in [-0.4, -0.2) is 47.6 Å². The molecule has 10 heteroatoms. The third-order valence-corrected chi connectivity index (χ3v) is 3.97. The number of ether oxygens (including phenoxy) is 1. The van der Waals surface area contributed by atoms with Crippen molar-refractivity contribution in [2.75, 3.05) is 36.6 Å². The maximum absolute atomic E-state index is 13.9. The first-order valence-corrected chi connectivity index (χ1v) is 8.12. The van der Waals surface area contributed by atoms with Crippen LogP contribution in [0.2, 0.25) is 10.0 Å². The summed E-state index contributed by atoms with van der Waals surface area (Å²) in [7, 11) is 0. The lowest BCUT2D eigenvalue weighted by atomic mass is 10.2. The highest BCUT2D eigenvalue weighted by molar-refractivity contribution is 6.36. The van der Waals surface area contributed by atoms with Crippen molar-refractivity contribution in [1.29, 1.82) is 0 Å². The normalized spacial score (nSPS) is 14.9. The van der Waals surface area contributed by atoms with Gasteiger partial charge in [0, 0.05) is 23.7 Å². The Morgan fingerprint density at radius 2 is 2.08 bits per heavy atom. The molecule has 132 valence electrons. The van der Waals surface area contributed by atoms with E-state index >= 15 is 0 Å². The molecule has 0 unspecified atom stereocenters. The van der Waals surface area contributed by atoms with Crippen LogP contribution < -0.4 is 10.3 Å². The molecule has 2 N–H and O–H groups in total. The predicted molar refractivity (Wildman–Crippen MR) is 94.4 cm³/mol. The number of benzene rings is 1. The van der Waals surface area contributed by atoms with Crippen LogP contribution in [0.1, 0.15) is 5.56 Å². The van der Waals surface area contributed by atoms with Gasteiger partial charge in [-0.1, -0.05) is 23.2 Å². The van der Waals surface area contributed by atoms with E-state index < -0.39 is 5.82 Å². The molecule has 7 nitrogen and oxygen atoms in total. The number of nitrogens with zero attached hydrogens (tertiary/aromatic N) is 4. The van der Waals surface area contributed by atoms with E-state index in [1.54, 1.807) is 4.90 Å². The Bertz CT molecular complexity index is 800. The first kappa shape index (κ1) is 17.7. The SMILES string of the molecule is Oc1c(Cl)cc(Cl)cc1C=NNc1ncc(F)c(N2CCOCC2)n1. The Labute approximate surface area is 153 Å². The average Bonchev–Trinajstić information content (AvgIpc) is 2.61. The number of morpholine rings is 1. The highest BCUT2D eigenvalue weighted by atomic mass is 35.5. The van der Waals surface area contributed by atoms with Gasteiger partial charge in [0.25, 0.3) is 0 Å². The summed E-state index contributed by atoms with van der Waals surface area (Å²) >= 11 is 11.7. The smallest absolute Gasteiger partial charge is 0.245 e. The molecule has 0 radical (unpaired) electrons. The van der Waals surface area contributed by atoms with Crippen LogP contribution in [0.5, 0.6) is 5.75 Å². The number of aromatic hydroxyl groups is 1. The number of phenolic OH excluding ortho intramolecular Hbond substituents is 1. The molecular weight excluding hydrogens is 372 g/mol. The molecule has 1 aromatic carbocycles. The molecule has 2 heterocycles. The van der Waals surface area contributed by atoms with Gasteiger partial charge in [0.2, 0.25) is 5.95 Å². The van der Waals surface area contributed by atoms with Gasteiger partial charge in [-0.15, -0.1) is 0 Å². The number of hydrazone groups is 1. The second-order valence-corrected chi connectivity index (χ2v) is 6.00. The number of rotatable bonds is 4. The van der Waals surface area contributed by atoms with Crippen LogP contribution in [0.4, 0.5) is 16.2 Å². The fourth-order valence-electron chi connectivity index (χ4n) is 2.25. The summed E-state index contributed by atoms with van der Waals surface area (Å²) in [5.41, 5.74) is 2.91. The van der Waals surface area contributed by atoms with Crippen molar-refractivity contribution >= 4 is 41.2 Å². The zero-order chi connectivity index (χ0) is 17.8. The summed E-state index contributed by atoms with van der Waals surface area (Å²) in [6, 6.07) is 2.92. The lowest BCUT2D eigenvalue weighted by molar-refractivity contribution is 0.122. The molecule has 0 amide bonds. The van der Waals surface area contributed by atoms with Crippen molar-refractivity contribution in [3.8, 4) is 5.75 Å². The highest BCUT2D eigenvalue weighted by Gasteiger charge is 2.17. The standard InChI is InChI=1S/C15H14Cl2FN5O2/c16-10-5-9(13(24)11(17)6-10)7-20-22-15-19-8-12(18)14(21-15)23-1-3-25-4-2-23/h5-8,24H,1-4H2,(H,19,21,22). The molecule has 1 fully saturated rings. The average molecular weight is 386 g/mol. The lowest BCUT2D eigenvalue weighted by Crippen LogP contribution is -2.37. The minimum Gasteiger partial charge on any atom is -0.506 e. The number of halogens is 3. The summed E-state index contributed by atoms with van der Waals surface area (Å²) in [5.74, 6) is -0.363. The Balaban J connectivity index is 1.75. The Kier molecular flexibility index (Phi) is 5.52. The van der Waals surface area contributed by atoms with Crippen molar-refractivity contribution in [3.05, 3.63) is 39.8 Å². The third-order valence-electron chi connectivity index (χ3n) is 3.46. The van der Waals surface area contributed by atoms with Gasteiger partial charge in [-0.3, -0.25) is 0 Å². The first-order valence-electron chi connectivity index (χ1n) is 7.37. The van der Waals surface area contributed by atoms with Crippen LogP contribution in [-0.2, 0) is 4.74 Å². The Morgan fingerprint density at radius 1 is 1.32 bits per heavy atom. The fraction of sp³-hybridized carbons (Fsp3) is 0.267. The van der Waals surface area contributed by atoms with Gasteiger partial charge in [-0.25, -0.2) is 14.8 Å². The highest BCUT2D eigenvalue weighted by Crippen LogP contribution is 2.30. The molecule has 25 heavy (non-hydrogen) atoms. The first-order chi connectivity index (χ1) is 12.0. The van der Waals surface area contributed by atoms with Crippen LogP contribution >= 0.6 is 23.2 Å². The molecular formula is C15H14Cl2FN5O2. The van der Waals surface area contributed by atoms with Gasteiger partial charge in [0.15, 0.2) is 11.6 Å². The molecule has 0 atom stereocenters. The minimum atomic E-state index is -0.518. The van der Waals surface area contributed by atoms with Crippen LogP contribution in [0.15, 0.2) is 23.4 Å². The Morgan fingerprint density at radius 3 is 2.84 bits per heavy atom. The summed E-state index contributed by atoms with van der Waals surface area (Å²) in [5, 5.41) is 14.3. The maximum Gasteiger partial charge on any atom is 0.245 e. The second kappa shape index (κ2) is 7.81. The third kappa shape index (κ3) is 4.28. The quantitative estimate of drug-likeness (QED) is 0.621. The van der Waals surface area contributed by atoms with Crippen molar-refractivity contribution in [1.82, 2.24) is 9.97 Å². The zero-order valence-electron chi connectivity index (χ0n) is 12.9. The van der Waals surface area contributed by atoms with Crippen molar-refractivity contribution in [2.24, 2.45) is 5.10 Å².